The molecule has 5 heteroatoms. The third-order valence-corrected chi connectivity index (χ3v) is 9.96. The van der Waals surface area contributed by atoms with Crippen molar-refractivity contribution in [2.75, 3.05) is 0 Å². The minimum Gasteiger partial charge on any atom is -0.309 e. The van der Waals surface area contributed by atoms with Gasteiger partial charge in [-0.2, -0.15) is 5.26 Å². The number of benzene rings is 7. The summed E-state index contributed by atoms with van der Waals surface area (Å²) in [5, 5.41) is 15.1. The molecule has 242 valence electrons. The largest absolute Gasteiger partial charge is 0.309 e. The van der Waals surface area contributed by atoms with Crippen molar-refractivity contribution in [3.63, 3.8) is 0 Å². The third-order valence-electron chi connectivity index (χ3n) is 9.96. The first-order valence-corrected chi connectivity index (χ1v) is 17.3. The molecule has 0 N–H and O–H groups in total. The van der Waals surface area contributed by atoms with Crippen molar-refractivity contribution in [2.45, 2.75) is 0 Å². The van der Waals surface area contributed by atoms with Gasteiger partial charge in [-0.1, -0.05) is 133 Å². The Labute approximate surface area is 299 Å². The number of fused-ring (bicyclic) bond motifs is 6. The summed E-state index contributed by atoms with van der Waals surface area (Å²) in [7, 11) is 0. The van der Waals surface area contributed by atoms with Crippen molar-refractivity contribution >= 4 is 43.6 Å². The summed E-state index contributed by atoms with van der Waals surface area (Å²) in [6.45, 7) is 0. The predicted molar refractivity (Wildman–Crippen MR) is 212 cm³/mol. The van der Waals surface area contributed by atoms with E-state index in [1.54, 1.807) is 0 Å². The van der Waals surface area contributed by atoms with Crippen LogP contribution in [0.2, 0.25) is 0 Å². The number of nitriles is 1. The van der Waals surface area contributed by atoms with Gasteiger partial charge in [0.2, 0.25) is 0 Å². The molecule has 7 aromatic carbocycles. The second-order valence-corrected chi connectivity index (χ2v) is 12.9. The molecule has 52 heavy (non-hydrogen) atoms. The summed E-state index contributed by atoms with van der Waals surface area (Å²) >= 11 is 0. The molecule has 0 atom stereocenters. The first-order chi connectivity index (χ1) is 25.8. The van der Waals surface area contributed by atoms with Crippen molar-refractivity contribution in [3.05, 3.63) is 181 Å². The van der Waals surface area contributed by atoms with Gasteiger partial charge in [-0.3, -0.25) is 0 Å². The Morgan fingerprint density at radius 2 is 0.904 bits per heavy atom. The summed E-state index contributed by atoms with van der Waals surface area (Å²) in [4.78, 5) is 10.8. The normalized spacial score (nSPS) is 11.4. The Morgan fingerprint density at radius 3 is 1.46 bits per heavy atom. The Morgan fingerprint density at radius 1 is 0.442 bits per heavy atom. The number of hydrogen-bond acceptors (Lipinski definition) is 3. The maximum absolute atomic E-state index is 10.7. The van der Waals surface area contributed by atoms with E-state index >= 15 is 0 Å². The number of nitrogens with zero attached hydrogens (tertiary/aromatic N) is 5. The fraction of sp³-hybridized carbons (Fsp3) is 0. The molecular formula is C47H29N5. The van der Waals surface area contributed by atoms with E-state index in [-0.39, 0.29) is 0 Å². The summed E-state index contributed by atoms with van der Waals surface area (Å²) < 4.78 is 4.70. The highest BCUT2D eigenvalue weighted by Gasteiger charge is 2.27. The van der Waals surface area contributed by atoms with Crippen molar-refractivity contribution in [1.82, 2.24) is 19.1 Å². The fourth-order valence-electron chi connectivity index (χ4n) is 7.78. The molecule has 0 aliphatic carbocycles. The van der Waals surface area contributed by atoms with E-state index in [4.69, 9.17) is 9.97 Å². The van der Waals surface area contributed by atoms with Crippen LogP contribution in [-0.4, -0.2) is 19.1 Å². The fourth-order valence-corrected chi connectivity index (χ4v) is 7.78. The van der Waals surface area contributed by atoms with Gasteiger partial charge in [0.05, 0.1) is 39.0 Å². The van der Waals surface area contributed by atoms with E-state index in [1.165, 1.54) is 0 Å². The summed E-state index contributed by atoms with van der Waals surface area (Å²) in [5.41, 5.74) is 10.6. The van der Waals surface area contributed by atoms with Gasteiger partial charge in [-0.15, -0.1) is 0 Å². The second kappa shape index (κ2) is 11.9. The average molecular weight is 664 g/mol. The van der Waals surface area contributed by atoms with E-state index in [0.29, 0.717) is 22.8 Å². The van der Waals surface area contributed by atoms with Crippen LogP contribution in [0.3, 0.4) is 0 Å². The molecule has 0 saturated carbocycles. The summed E-state index contributed by atoms with van der Waals surface area (Å²) in [6, 6.07) is 63.0. The number of aromatic nitrogens is 4. The lowest BCUT2D eigenvalue weighted by Gasteiger charge is -2.16. The van der Waals surface area contributed by atoms with Gasteiger partial charge in [0.15, 0.2) is 5.82 Å². The molecule has 5 nitrogen and oxygen atoms in total. The van der Waals surface area contributed by atoms with E-state index < -0.39 is 0 Å². The van der Waals surface area contributed by atoms with Gasteiger partial charge in [0, 0.05) is 44.0 Å². The highest BCUT2D eigenvalue weighted by Crippen LogP contribution is 2.47. The quantitative estimate of drug-likeness (QED) is 0.184. The molecule has 0 unspecified atom stereocenters. The molecule has 0 aliphatic rings. The van der Waals surface area contributed by atoms with E-state index in [1.807, 2.05) is 66.7 Å². The topological polar surface area (TPSA) is 59.4 Å². The average Bonchev–Trinajstić information content (AvgIpc) is 3.73. The molecule has 10 rings (SSSR count). The monoisotopic (exact) mass is 663 g/mol. The molecule has 3 aromatic heterocycles. The highest BCUT2D eigenvalue weighted by molar-refractivity contribution is 6.26. The minimum absolute atomic E-state index is 0.444. The Bertz CT molecular complexity index is 2920. The van der Waals surface area contributed by atoms with Crippen LogP contribution in [0.5, 0.6) is 0 Å². The summed E-state index contributed by atoms with van der Waals surface area (Å²) in [5.74, 6) is 0.559. The second-order valence-electron chi connectivity index (χ2n) is 12.9. The van der Waals surface area contributed by atoms with Crippen LogP contribution in [-0.2, 0) is 0 Å². The van der Waals surface area contributed by atoms with Crippen molar-refractivity contribution in [1.29, 1.82) is 5.26 Å². The van der Waals surface area contributed by atoms with Gasteiger partial charge < -0.3 is 9.13 Å². The molecule has 0 fully saturated rings. The van der Waals surface area contributed by atoms with Gasteiger partial charge in [0.1, 0.15) is 11.6 Å². The SMILES string of the molecule is N#Cc1c(-c2ccccc2)nc(-c2c3c4ccccc4n(-c4ccccc4)c3cc3c4ccccc4n(-c4ccccc4)c23)nc1-c1ccccc1. The van der Waals surface area contributed by atoms with Crippen LogP contribution in [0.25, 0.3) is 88.9 Å². The zero-order valence-electron chi connectivity index (χ0n) is 28.0. The Hall–Kier alpha value is -7.29. The first-order valence-electron chi connectivity index (χ1n) is 17.3. The number of hydrogen-bond donors (Lipinski definition) is 0. The molecular weight excluding hydrogens is 635 g/mol. The number of rotatable bonds is 5. The molecule has 0 aliphatic heterocycles. The Kier molecular flexibility index (Phi) is 6.80. The van der Waals surface area contributed by atoms with Crippen LogP contribution in [0.1, 0.15) is 5.56 Å². The van der Waals surface area contributed by atoms with Crippen LogP contribution < -0.4 is 0 Å². The van der Waals surface area contributed by atoms with Crippen LogP contribution in [0.4, 0.5) is 0 Å². The standard InChI is InChI=1S/C47H29N5/c48-30-38-44(31-17-5-1-6-18-31)49-47(50-45(38)32-19-7-2-8-20-32)43-42-36-26-14-16-28-40(36)51(33-21-9-3-10-22-33)41(42)29-37-35-25-13-15-27-39(35)52(46(37)43)34-23-11-4-12-24-34/h1-29H. The lowest BCUT2D eigenvalue weighted by atomic mass is 9.98. The highest BCUT2D eigenvalue weighted by atomic mass is 15.0. The van der Waals surface area contributed by atoms with Crippen LogP contribution >= 0.6 is 0 Å². The molecule has 0 saturated heterocycles. The lowest BCUT2D eigenvalue weighted by molar-refractivity contribution is 1.15. The molecule has 0 spiro atoms. The van der Waals surface area contributed by atoms with Crippen molar-refractivity contribution < 1.29 is 0 Å². The Balaban J connectivity index is 1.48. The number of para-hydroxylation sites is 4. The van der Waals surface area contributed by atoms with E-state index in [2.05, 4.69) is 124 Å². The lowest BCUT2D eigenvalue weighted by Crippen LogP contribution is -2.03. The minimum atomic E-state index is 0.444. The van der Waals surface area contributed by atoms with Crippen molar-refractivity contribution in [2.24, 2.45) is 0 Å². The first kappa shape index (κ1) is 29.6. The van der Waals surface area contributed by atoms with E-state index in [9.17, 15) is 5.26 Å². The molecule has 0 bridgehead atoms. The maximum Gasteiger partial charge on any atom is 0.163 e. The van der Waals surface area contributed by atoms with Crippen molar-refractivity contribution in [3.8, 4) is 51.3 Å². The summed E-state index contributed by atoms with van der Waals surface area (Å²) in [6.07, 6.45) is 0. The van der Waals surface area contributed by atoms with Gasteiger partial charge in [-0.25, -0.2) is 9.97 Å². The molecule has 0 amide bonds. The zero-order valence-corrected chi connectivity index (χ0v) is 28.0. The van der Waals surface area contributed by atoms with Gasteiger partial charge in [-0.05, 0) is 42.5 Å². The predicted octanol–water partition coefficient (Wildman–Crippen LogP) is 11.5. The molecule has 10 aromatic rings. The van der Waals surface area contributed by atoms with E-state index in [0.717, 1.165) is 71.7 Å². The smallest absolute Gasteiger partial charge is 0.163 e. The zero-order chi connectivity index (χ0) is 34.6. The third kappa shape index (κ3) is 4.49. The maximum atomic E-state index is 10.7. The van der Waals surface area contributed by atoms with Crippen LogP contribution in [0.15, 0.2) is 176 Å². The van der Waals surface area contributed by atoms with Gasteiger partial charge in [0.25, 0.3) is 0 Å². The molecule has 0 radical (unpaired) electrons. The van der Waals surface area contributed by atoms with Gasteiger partial charge >= 0.3 is 0 Å². The van der Waals surface area contributed by atoms with Crippen LogP contribution in [0, 0.1) is 11.3 Å². The molecule has 3 heterocycles.